The van der Waals surface area contributed by atoms with Crippen LogP contribution in [-0.2, 0) is 11.3 Å². The number of aliphatic imine (C=N–C) groups is 1. The standard InChI is InChI=1S/C23H31FN4O3/c1-5-19(31-21-8-6-7-18(24)13-21)15-26-23(27-16-22(29)28(2)3)25-14-17-9-11-20(30-4)12-10-17/h6-13,19H,5,14-16H2,1-4H3,(H2,25,26,27). The van der Waals surface area contributed by atoms with Gasteiger partial charge < -0.3 is 25.0 Å². The van der Waals surface area contributed by atoms with Crippen LogP contribution < -0.4 is 20.1 Å². The second kappa shape index (κ2) is 12.4. The van der Waals surface area contributed by atoms with Gasteiger partial charge in [-0.15, -0.1) is 0 Å². The van der Waals surface area contributed by atoms with Gasteiger partial charge in [0.15, 0.2) is 5.96 Å². The van der Waals surface area contributed by atoms with Crippen LogP contribution in [0.15, 0.2) is 53.5 Å². The van der Waals surface area contributed by atoms with Gasteiger partial charge in [-0.2, -0.15) is 0 Å². The molecule has 0 radical (unpaired) electrons. The summed E-state index contributed by atoms with van der Waals surface area (Å²) in [7, 11) is 5.02. The number of benzene rings is 2. The van der Waals surface area contributed by atoms with E-state index in [0.717, 1.165) is 11.3 Å². The summed E-state index contributed by atoms with van der Waals surface area (Å²) in [6, 6.07) is 13.7. The van der Waals surface area contributed by atoms with Crippen LogP contribution in [0, 0.1) is 5.82 Å². The number of likely N-dealkylation sites (N-methyl/N-ethyl adjacent to an activating group) is 1. The molecular weight excluding hydrogens is 399 g/mol. The van der Waals surface area contributed by atoms with Crippen LogP contribution in [0.5, 0.6) is 11.5 Å². The number of hydrogen-bond donors (Lipinski definition) is 2. The van der Waals surface area contributed by atoms with E-state index < -0.39 is 0 Å². The lowest BCUT2D eigenvalue weighted by Gasteiger charge is -2.20. The molecule has 1 atom stereocenters. The summed E-state index contributed by atoms with van der Waals surface area (Å²) in [5, 5.41) is 6.27. The Labute approximate surface area is 183 Å². The zero-order valence-electron chi connectivity index (χ0n) is 18.5. The van der Waals surface area contributed by atoms with Gasteiger partial charge in [0.05, 0.1) is 26.7 Å². The van der Waals surface area contributed by atoms with Gasteiger partial charge in [0, 0.05) is 20.2 Å². The number of methoxy groups -OCH3 is 1. The molecule has 0 fully saturated rings. The molecule has 2 N–H and O–H groups in total. The van der Waals surface area contributed by atoms with Crippen LogP contribution in [0.3, 0.4) is 0 Å². The molecule has 2 rings (SSSR count). The van der Waals surface area contributed by atoms with Crippen LogP contribution in [-0.4, -0.2) is 57.2 Å². The fourth-order valence-corrected chi connectivity index (χ4v) is 2.61. The quantitative estimate of drug-likeness (QED) is 0.448. The molecule has 0 aliphatic rings. The predicted octanol–water partition coefficient (Wildman–Crippen LogP) is 2.82. The van der Waals surface area contributed by atoms with Gasteiger partial charge >= 0.3 is 0 Å². The third kappa shape index (κ3) is 8.54. The first-order valence-electron chi connectivity index (χ1n) is 10.2. The summed E-state index contributed by atoms with van der Waals surface area (Å²) in [6.07, 6.45) is 0.519. The van der Waals surface area contributed by atoms with Gasteiger partial charge in [-0.05, 0) is 36.2 Å². The minimum Gasteiger partial charge on any atom is -0.497 e. The smallest absolute Gasteiger partial charge is 0.241 e. The molecule has 2 aromatic rings. The molecule has 0 aromatic heterocycles. The lowest BCUT2D eigenvalue weighted by atomic mass is 10.2. The van der Waals surface area contributed by atoms with Crippen molar-refractivity contribution >= 4 is 11.9 Å². The van der Waals surface area contributed by atoms with E-state index in [9.17, 15) is 9.18 Å². The second-order valence-corrected chi connectivity index (χ2v) is 7.14. The lowest BCUT2D eigenvalue weighted by molar-refractivity contribution is -0.127. The summed E-state index contributed by atoms with van der Waals surface area (Å²) in [5.74, 6) is 1.34. The maximum absolute atomic E-state index is 13.4. The number of nitrogens with one attached hydrogen (secondary N) is 2. The van der Waals surface area contributed by atoms with Crippen LogP contribution in [0.1, 0.15) is 18.9 Å². The number of carbonyl (C=O) groups is 1. The molecule has 31 heavy (non-hydrogen) atoms. The summed E-state index contributed by atoms with van der Waals surface area (Å²) in [6.45, 7) is 2.97. The number of amides is 1. The first-order chi connectivity index (χ1) is 14.9. The van der Waals surface area contributed by atoms with E-state index in [-0.39, 0.29) is 24.4 Å². The Morgan fingerprint density at radius 2 is 1.87 bits per heavy atom. The van der Waals surface area contributed by atoms with Gasteiger partial charge in [0.1, 0.15) is 23.4 Å². The topological polar surface area (TPSA) is 75.2 Å². The molecule has 0 saturated carbocycles. The molecule has 0 heterocycles. The van der Waals surface area contributed by atoms with Gasteiger partial charge in [0.25, 0.3) is 0 Å². The van der Waals surface area contributed by atoms with Crippen molar-refractivity contribution < 1.29 is 18.7 Å². The Hall–Kier alpha value is -3.29. The molecule has 0 bridgehead atoms. The highest BCUT2D eigenvalue weighted by Crippen LogP contribution is 2.15. The number of rotatable bonds is 10. The third-order valence-corrected chi connectivity index (χ3v) is 4.54. The van der Waals surface area contributed by atoms with Crippen LogP contribution in [0.2, 0.25) is 0 Å². The maximum Gasteiger partial charge on any atom is 0.241 e. The predicted molar refractivity (Wildman–Crippen MR) is 120 cm³/mol. The largest absolute Gasteiger partial charge is 0.497 e. The van der Waals surface area contributed by atoms with E-state index in [1.54, 1.807) is 33.3 Å². The van der Waals surface area contributed by atoms with Gasteiger partial charge in [0.2, 0.25) is 5.91 Å². The van der Waals surface area contributed by atoms with E-state index in [1.165, 1.54) is 17.0 Å². The van der Waals surface area contributed by atoms with Crippen molar-refractivity contribution in [2.45, 2.75) is 26.0 Å². The van der Waals surface area contributed by atoms with Crippen molar-refractivity contribution in [3.63, 3.8) is 0 Å². The monoisotopic (exact) mass is 430 g/mol. The van der Waals surface area contributed by atoms with Crippen molar-refractivity contribution in [2.24, 2.45) is 4.99 Å². The highest BCUT2D eigenvalue weighted by molar-refractivity contribution is 5.86. The van der Waals surface area contributed by atoms with Gasteiger partial charge in [-0.3, -0.25) is 4.79 Å². The number of carbonyl (C=O) groups excluding carboxylic acids is 1. The number of hydrogen-bond acceptors (Lipinski definition) is 4. The van der Waals surface area contributed by atoms with Crippen molar-refractivity contribution in [3.05, 3.63) is 59.9 Å². The van der Waals surface area contributed by atoms with Crippen molar-refractivity contribution in [1.82, 2.24) is 15.5 Å². The molecule has 0 saturated heterocycles. The molecule has 1 unspecified atom stereocenters. The van der Waals surface area contributed by atoms with Gasteiger partial charge in [-0.1, -0.05) is 25.1 Å². The maximum atomic E-state index is 13.4. The minimum absolute atomic E-state index is 0.0676. The first-order valence-corrected chi connectivity index (χ1v) is 10.2. The Morgan fingerprint density at radius 1 is 1.13 bits per heavy atom. The zero-order valence-corrected chi connectivity index (χ0v) is 18.5. The molecule has 2 aromatic carbocycles. The van der Waals surface area contributed by atoms with Crippen LogP contribution >= 0.6 is 0 Å². The van der Waals surface area contributed by atoms with Crippen molar-refractivity contribution in [1.29, 1.82) is 0 Å². The van der Waals surface area contributed by atoms with Crippen molar-refractivity contribution in [2.75, 3.05) is 34.3 Å². The third-order valence-electron chi connectivity index (χ3n) is 4.54. The van der Waals surface area contributed by atoms with E-state index in [4.69, 9.17) is 9.47 Å². The van der Waals surface area contributed by atoms with E-state index in [2.05, 4.69) is 15.6 Å². The SMILES string of the molecule is CCC(CNC(=NCc1ccc(OC)cc1)NCC(=O)N(C)C)Oc1cccc(F)c1. The van der Waals surface area contributed by atoms with E-state index in [0.29, 0.717) is 31.2 Å². The molecule has 8 heteroatoms. The Balaban J connectivity index is 2.02. The zero-order chi connectivity index (χ0) is 22.6. The number of guanidine groups is 1. The summed E-state index contributed by atoms with van der Waals surface area (Å²) in [4.78, 5) is 18.1. The molecule has 0 aliphatic carbocycles. The molecule has 1 amide bonds. The summed E-state index contributed by atoms with van der Waals surface area (Å²) in [5.41, 5.74) is 1.00. The fourth-order valence-electron chi connectivity index (χ4n) is 2.61. The Morgan fingerprint density at radius 3 is 2.48 bits per heavy atom. The Kier molecular flexibility index (Phi) is 9.61. The second-order valence-electron chi connectivity index (χ2n) is 7.14. The highest BCUT2D eigenvalue weighted by Gasteiger charge is 2.11. The molecular formula is C23H31FN4O3. The minimum atomic E-state index is -0.342. The molecule has 0 spiro atoms. The Bertz CT molecular complexity index is 856. The molecule has 168 valence electrons. The normalized spacial score (nSPS) is 12.1. The summed E-state index contributed by atoms with van der Waals surface area (Å²) >= 11 is 0. The number of halogens is 1. The summed E-state index contributed by atoms with van der Waals surface area (Å²) < 4.78 is 24.5. The lowest BCUT2D eigenvalue weighted by Crippen LogP contribution is -2.45. The molecule has 0 aliphatic heterocycles. The van der Waals surface area contributed by atoms with Crippen LogP contribution in [0.25, 0.3) is 0 Å². The number of nitrogens with zero attached hydrogens (tertiary/aromatic N) is 2. The van der Waals surface area contributed by atoms with Gasteiger partial charge in [-0.25, -0.2) is 9.38 Å². The average Bonchev–Trinajstić information content (AvgIpc) is 2.77. The average molecular weight is 431 g/mol. The highest BCUT2D eigenvalue weighted by atomic mass is 19.1. The molecule has 7 nitrogen and oxygen atoms in total. The number of ether oxygens (including phenoxy) is 2. The fraction of sp³-hybridized carbons (Fsp3) is 0.391. The van der Waals surface area contributed by atoms with E-state index in [1.807, 2.05) is 31.2 Å². The first kappa shape index (κ1) is 24.0. The van der Waals surface area contributed by atoms with E-state index >= 15 is 0 Å². The van der Waals surface area contributed by atoms with Crippen molar-refractivity contribution in [3.8, 4) is 11.5 Å². The van der Waals surface area contributed by atoms with Crippen LogP contribution in [0.4, 0.5) is 4.39 Å².